The highest BCUT2D eigenvalue weighted by molar-refractivity contribution is 6.13. The molecule has 1 heteroatoms. The minimum absolute atomic E-state index is 0.158. The highest BCUT2D eigenvalue weighted by Gasteiger charge is 2.21. The second-order valence-corrected chi connectivity index (χ2v) is 7.03. The molecule has 0 radical (unpaired) electrons. The maximum Gasteiger partial charge on any atom is 0.189 e. The molecule has 0 bridgehead atoms. The molecule has 0 atom stereocenters. The second kappa shape index (κ2) is 5.57. The molecule has 0 unspecified atom stereocenters. The zero-order valence-corrected chi connectivity index (χ0v) is 13.5. The second-order valence-electron chi connectivity index (χ2n) is 7.03. The largest absolute Gasteiger partial charge is 0.289 e. The standard InChI is InChI=1S/C21H22O/c1-21(2,3)18-12-8-15(9-13-18)14-17-11-10-16-6-4-5-7-19(16)20(17)22/h4-9,12-14H,10-11H2,1-3H3/b17-14+. The van der Waals surface area contributed by atoms with E-state index in [1.54, 1.807) is 0 Å². The maximum absolute atomic E-state index is 12.6. The zero-order valence-electron chi connectivity index (χ0n) is 13.5. The van der Waals surface area contributed by atoms with Crippen LogP contribution >= 0.6 is 0 Å². The van der Waals surface area contributed by atoms with Gasteiger partial charge in [-0.05, 0) is 41.0 Å². The van der Waals surface area contributed by atoms with E-state index in [0.29, 0.717) is 0 Å². The molecule has 2 aromatic carbocycles. The monoisotopic (exact) mass is 290 g/mol. The molecule has 0 spiro atoms. The first-order valence-electron chi connectivity index (χ1n) is 7.89. The Morgan fingerprint density at radius 2 is 1.59 bits per heavy atom. The predicted molar refractivity (Wildman–Crippen MR) is 92.2 cm³/mol. The van der Waals surface area contributed by atoms with Crippen molar-refractivity contribution in [3.63, 3.8) is 0 Å². The van der Waals surface area contributed by atoms with E-state index < -0.39 is 0 Å². The number of Topliss-reactive ketones (excluding diaryl/α,β-unsaturated/α-hetero) is 1. The molecule has 0 saturated heterocycles. The van der Waals surface area contributed by atoms with Gasteiger partial charge in [0.25, 0.3) is 0 Å². The molecule has 0 N–H and O–H groups in total. The van der Waals surface area contributed by atoms with E-state index in [-0.39, 0.29) is 11.2 Å². The number of hydrogen-bond donors (Lipinski definition) is 0. The Morgan fingerprint density at radius 1 is 0.909 bits per heavy atom. The van der Waals surface area contributed by atoms with Crippen molar-refractivity contribution in [2.24, 2.45) is 0 Å². The molecule has 0 fully saturated rings. The molecule has 1 aliphatic rings. The lowest BCUT2D eigenvalue weighted by atomic mass is 9.85. The summed E-state index contributed by atoms with van der Waals surface area (Å²) in [5.74, 6) is 0.182. The van der Waals surface area contributed by atoms with Crippen molar-refractivity contribution in [3.8, 4) is 0 Å². The van der Waals surface area contributed by atoms with E-state index in [0.717, 1.165) is 29.5 Å². The summed E-state index contributed by atoms with van der Waals surface area (Å²) >= 11 is 0. The summed E-state index contributed by atoms with van der Waals surface area (Å²) in [6.07, 6.45) is 3.83. The number of rotatable bonds is 1. The van der Waals surface area contributed by atoms with Gasteiger partial charge in [-0.2, -0.15) is 0 Å². The van der Waals surface area contributed by atoms with Crippen LogP contribution in [-0.2, 0) is 11.8 Å². The van der Waals surface area contributed by atoms with Crippen LogP contribution in [0.5, 0.6) is 0 Å². The fraction of sp³-hybridized carbons (Fsp3) is 0.286. The summed E-state index contributed by atoms with van der Waals surface area (Å²) in [6, 6.07) is 16.5. The van der Waals surface area contributed by atoms with Gasteiger partial charge in [0.1, 0.15) is 0 Å². The zero-order chi connectivity index (χ0) is 15.7. The van der Waals surface area contributed by atoms with Crippen LogP contribution in [0, 0.1) is 0 Å². The minimum Gasteiger partial charge on any atom is -0.289 e. The molecule has 0 aliphatic heterocycles. The third-order valence-corrected chi connectivity index (χ3v) is 4.33. The first kappa shape index (κ1) is 14.8. The highest BCUT2D eigenvalue weighted by atomic mass is 16.1. The van der Waals surface area contributed by atoms with Gasteiger partial charge in [-0.3, -0.25) is 4.79 Å². The predicted octanol–water partition coefficient (Wildman–Crippen LogP) is 5.20. The Kier molecular flexibility index (Phi) is 3.74. The number of aryl methyl sites for hydroxylation is 1. The van der Waals surface area contributed by atoms with Gasteiger partial charge in [0.15, 0.2) is 5.78 Å². The van der Waals surface area contributed by atoms with Gasteiger partial charge in [-0.1, -0.05) is 69.3 Å². The lowest BCUT2D eigenvalue weighted by molar-refractivity contribution is 0.102. The molecule has 0 amide bonds. The average Bonchev–Trinajstić information content (AvgIpc) is 2.50. The lowest BCUT2D eigenvalue weighted by Gasteiger charge is -2.19. The summed E-state index contributed by atoms with van der Waals surface area (Å²) in [5, 5.41) is 0. The van der Waals surface area contributed by atoms with Crippen molar-refractivity contribution in [1.29, 1.82) is 0 Å². The fourth-order valence-corrected chi connectivity index (χ4v) is 2.93. The van der Waals surface area contributed by atoms with Crippen LogP contribution in [0.4, 0.5) is 0 Å². The van der Waals surface area contributed by atoms with Crippen LogP contribution < -0.4 is 0 Å². The third kappa shape index (κ3) is 2.89. The first-order valence-corrected chi connectivity index (χ1v) is 7.89. The van der Waals surface area contributed by atoms with Crippen LogP contribution in [0.3, 0.4) is 0 Å². The molecule has 0 heterocycles. The molecule has 0 saturated carbocycles. The molecule has 22 heavy (non-hydrogen) atoms. The van der Waals surface area contributed by atoms with Crippen LogP contribution in [0.15, 0.2) is 54.1 Å². The van der Waals surface area contributed by atoms with E-state index in [4.69, 9.17) is 0 Å². The summed E-state index contributed by atoms with van der Waals surface area (Å²) in [6.45, 7) is 6.63. The van der Waals surface area contributed by atoms with E-state index in [1.165, 1.54) is 11.1 Å². The van der Waals surface area contributed by atoms with Crippen LogP contribution in [0.2, 0.25) is 0 Å². The third-order valence-electron chi connectivity index (χ3n) is 4.33. The van der Waals surface area contributed by atoms with Gasteiger partial charge in [-0.15, -0.1) is 0 Å². The van der Waals surface area contributed by atoms with E-state index in [9.17, 15) is 4.79 Å². The number of benzene rings is 2. The number of carbonyl (C=O) groups excluding carboxylic acids is 1. The Morgan fingerprint density at radius 3 is 2.27 bits per heavy atom. The first-order chi connectivity index (χ1) is 10.4. The number of hydrogen-bond acceptors (Lipinski definition) is 1. The van der Waals surface area contributed by atoms with Crippen LogP contribution in [0.1, 0.15) is 54.2 Å². The van der Waals surface area contributed by atoms with Gasteiger partial charge in [0.05, 0.1) is 0 Å². The van der Waals surface area contributed by atoms with Crippen LogP contribution in [-0.4, -0.2) is 5.78 Å². The molecule has 3 rings (SSSR count). The lowest BCUT2D eigenvalue weighted by Crippen LogP contribution is -2.13. The van der Waals surface area contributed by atoms with Crippen molar-refractivity contribution in [2.45, 2.75) is 39.0 Å². The number of allylic oxidation sites excluding steroid dienone is 1. The minimum atomic E-state index is 0.158. The van der Waals surface area contributed by atoms with E-state index in [1.807, 2.05) is 24.3 Å². The van der Waals surface area contributed by atoms with Crippen molar-refractivity contribution < 1.29 is 4.79 Å². The molecule has 112 valence electrons. The Bertz CT molecular complexity index is 727. The smallest absolute Gasteiger partial charge is 0.189 e. The normalized spacial score (nSPS) is 16.7. The van der Waals surface area contributed by atoms with Crippen molar-refractivity contribution in [2.75, 3.05) is 0 Å². The number of fused-ring (bicyclic) bond motifs is 1. The van der Waals surface area contributed by atoms with Gasteiger partial charge >= 0.3 is 0 Å². The summed E-state index contributed by atoms with van der Waals surface area (Å²) in [5.41, 5.74) is 5.54. The molecule has 1 aliphatic carbocycles. The summed E-state index contributed by atoms with van der Waals surface area (Å²) in [4.78, 5) is 12.6. The number of ketones is 1. The number of carbonyl (C=O) groups is 1. The quantitative estimate of drug-likeness (QED) is 0.660. The molecule has 1 nitrogen and oxygen atoms in total. The van der Waals surface area contributed by atoms with Gasteiger partial charge in [0, 0.05) is 11.1 Å². The van der Waals surface area contributed by atoms with Crippen molar-refractivity contribution in [3.05, 3.63) is 76.4 Å². The SMILES string of the molecule is CC(C)(C)c1ccc(/C=C2\CCc3ccccc3C2=O)cc1. The van der Waals surface area contributed by atoms with Crippen molar-refractivity contribution in [1.82, 2.24) is 0 Å². The van der Waals surface area contributed by atoms with Gasteiger partial charge in [0.2, 0.25) is 0 Å². The van der Waals surface area contributed by atoms with Crippen LogP contribution in [0.25, 0.3) is 6.08 Å². The molecular formula is C21H22O. The maximum atomic E-state index is 12.6. The Balaban J connectivity index is 1.89. The topological polar surface area (TPSA) is 17.1 Å². The van der Waals surface area contributed by atoms with E-state index >= 15 is 0 Å². The molecule has 0 aromatic heterocycles. The average molecular weight is 290 g/mol. The highest BCUT2D eigenvalue weighted by Crippen LogP contribution is 2.27. The Hall–Kier alpha value is -2.15. The fourth-order valence-electron chi connectivity index (χ4n) is 2.93. The van der Waals surface area contributed by atoms with Crippen molar-refractivity contribution >= 4 is 11.9 Å². The molecular weight excluding hydrogens is 268 g/mol. The van der Waals surface area contributed by atoms with Gasteiger partial charge in [-0.25, -0.2) is 0 Å². The summed E-state index contributed by atoms with van der Waals surface area (Å²) in [7, 11) is 0. The van der Waals surface area contributed by atoms with E-state index in [2.05, 4.69) is 51.1 Å². The Labute approximate surface area is 132 Å². The summed E-state index contributed by atoms with van der Waals surface area (Å²) < 4.78 is 0. The molecule has 2 aromatic rings. The van der Waals surface area contributed by atoms with Gasteiger partial charge < -0.3 is 0 Å².